The fourth-order valence-electron chi connectivity index (χ4n) is 2.23. The quantitative estimate of drug-likeness (QED) is 0.720. The molecule has 1 aliphatic rings. The number of nitrogens with zero attached hydrogens (tertiary/aromatic N) is 1. The van der Waals surface area contributed by atoms with Gasteiger partial charge in [-0.1, -0.05) is 12.1 Å². The van der Waals surface area contributed by atoms with Crippen molar-refractivity contribution in [2.24, 2.45) is 5.92 Å². The maximum Gasteiger partial charge on any atom is 0.393 e. The van der Waals surface area contributed by atoms with Crippen molar-refractivity contribution in [3.63, 3.8) is 0 Å². The first-order valence-corrected chi connectivity index (χ1v) is 6.00. The zero-order valence-electron chi connectivity index (χ0n) is 10.1. The lowest BCUT2D eigenvalue weighted by Crippen LogP contribution is -2.44. The first-order chi connectivity index (χ1) is 8.89. The minimum absolute atomic E-state index is 0.0184. The number of amides is 1. The third kappa shape index (κ3) is 3.05. The van der Waals surface area contributed by atoms with E-state index in [-0.39, 0.29) is 24.9 Å². The molecule has 1 aromatic rings. The summed E-state index contributed by atoms with van der Waals surface area (Å²) in [6, 6.07) is 5.33. The van der Waals surface area contributed by atoms with Gasteiger partial charge in [-0.3, -0.25) is 4.79 Å². The number of rotatable bonds is 1. The molecule has 104 valence electrons. The van der Waals surface area contributed by atoms with E-state index >= 15 is 0 Å². The lowest BCUT2D eigenvalue weighted by molar-refractivity contribution is -0.184. The summed E-state index contributed by atoms with van der Waals surface area (Å²) in [5.74, 6) is -2.90. The largest absolute Gasteiger partial charge is 0.393 e. The molecule has 1 aliphatic heterocycles. The SMILES string of the molecule is O=C(c1ccccc1F)N1CCC[C@H](C(F)(F)F)C1. The van der Waals surface area contributed by atoms with Gasteiger partial charge in [-0.25, -0.2) is 4.39 Å². The third-order valence-corrected chi connectivity index (χ3v) is 3.28. The summed E-state index contributed by atoms with van der Waals surface area (Å²) >= 11 is 0. The summed E-state index contributed by atoms with van der Waals surface area (Å²) in [6.45, 7) is -0.156. The molecular weight excluding hydrogens is 262 g/mol. The zero-order valence-corrected chi connectivity index (χ0v) is 10.1. The predicted octanol–water partition coefficient (Wildman–Crippen LogP) is 3.24. The van der Waals surface area contributed by atoms with Gasteiger partial charge >= 0.3 is 6.18 Å². The Kier molecular flexibility index (Phi) is 3.78. The minimum Gasteiger partial charge on any atom is -0.338 e. The Hall–Kier alpha value is -1.59. The van der Waals surface area contributed by atoms with E-state index in [4.69, 9.17) is 0 Å². The molecule has 0 radical (unpaired) electrons. The molecule has 0 aliphatic carbocycles. The lowest BCUT2D eigenvalue weighted by atomic mass is 9.97. The Labute approximate surface area is 108 Å². The van der Waals surface area contributed by atoms with Crippen LogP contribution < -0.4 is 0 Å². The number of piperidine rings is 1. The highest BCUT2D eigenvalue weighted by molar-refractivity contribution is 5.94. The maximum absolute atomic E-state index is 13.5. The standard InChI is InChI=1S/C13H13F4NO/c14-11-6-2-1-5-10(11)12(19)18-7-3-4-9(8-18)13(15,16)17/h1-2,5-6,9H,3-4,7-8H2/t9-/m0/s1. The first-order valence-electron chi connectivity index (χ1n) is 6.00. The number of benzene rings is 1. The fraction of sp³-hybridized carbons (Fsp3) is 0.462. The second-order valence-electron chi connectivity index (χ2n) is 4.61. The number of likely N-dealkylation sites (tertiary alicyclic amines) is 1. The van der Waals surface area contributed by atoms with E-state index in [0.717, 1.165) is 11.0 Å². The van der Waals surface area contributed by atoms with Gasteiger partial charge in [0.05, 0.1) is 11.5 Å². The molecule has 0 N–H and O–H groups in total. The van der Waals surface area contributed by atoms with E-state index in [0.29, 0.717) is 0 Å². The molecule has 1 saturated heterocycles. The topological polar surface area (TPSA) is 20.3 Å². The number of carbonyl (C=O) groups excluding carboxylic acids is 1. The Balaban J connectivity index is 2.14. The van der Waals surface area contributed by atoms with Crippen LogP contribution in [0.1, 0.15) is 23.2 Å². The van der Waals surface area contributed by atoms with Gasteiger partial charge < -0.3 is 4.90 Å². The second-order valence-corrected chi connectivity index (χ2v) is 4.61. The van der Waals surface area contributed by atoms with Gasteiger partial charge in [0.1, 0.15) is 5.82 Å². The summed E-state index contributed by atoms with van der Waals surface area (Å²) in [7, 11) is 0. The van der Waals surface area contributed by atoms with E-state index in [1.807, 2.05) is 0 Å². The van der Waals surface area contributed by atoms with Gasteiger partial charge in [-0.2, -0.15) is 13.2 Å². The van der Waals surface area contributed by atoms with Crippen LogP contribution in [0, 0.1) is 11.7 Å². The van der Waals surface area contributed by atoms with Gasteiger partial charge in [0.15, 0.2) is 0 Å². The Morgan fingerprint density at radius 1 is 1.26 bits per heavy atom. The molecule has 0 saturated carbocycles. The van der Waals surface area contributed by atoms with Crippen LogP contribution in [0.3, 0.4) is 0 Å². The van der Waals surface area contributed by atoms with Gasteiger partial charge in [0.25, 0.3) is 5.91 Å². The van der Waals surface area contributed by atoms with Crippen LogP contribution in [0.5, 0.6) is 0 Å². The molecule has 19 heavy (non-hydrogen) atoms. The van der Waals surface area contributed by atoms with E-state index in [1.54, 1.807) is 0 Å². The van der Waals surface area contributed by atoms with Crippen LogP contribution in [-0.2, 0) is 0 Å². The molecule has 0 bridgehead atoms. The smallest absolute Gasteiger partial charge is 0.338 e. The van der Waals surface area contributed by atoms with Crippen LogP contribution in [0.25, 0.3) is 0 Å². The molecular formula is C13H13F4NO. The molecule has 1 amide bonds. The zero-order chi connectivity index (χ0) is 14.0. The van der Waals surface area contributed by atoms with Crippen molar-refractivity contribution in [2.75, 3.05) is 13.1 Å². The van der Waals surface area contributed by atoms with Crippen LogP contribution in [0.4, 0.5) is 17.6 Å². The van der Waals surface area contributed by atoms with Crippen molar-refractivity contribution < 1.29 is 22.4 Å². The van der Waals surface area contributed by atoms with E-state index in [1.165, 1.54) is 18.2 Å². The molecule has 1 aromatic carbocycles. The van der Waals surface area contributed by atoms with E-state index in [9.17, 15) is 22.4 Å². The van der Waals surface area contributed by atoms with Gasteiger partial charge in [-0.15, -0.1) is 0 Å². The third-order valence-electron chi connectivity index (χ3n) is 3.28. The molecule has 6 heteroatoms. The van der Waals surface area contributed by atoms with Crippen LogP contribution in [0.15, 0.2) is 24.3 Å². The first kappa shape index (κ1) is 13.8. The number of hydrogen-bond acceptors (Lipinski definition) is 1. The van der Waals surface area contributed by atoms with Gasteiger partial charge in [0, 0.05) is 13.1 Å². The Morgan fingerprint density at radius 2 is 1.95 bits per heavy atom. The molecule has 2 nitrogen and oxygen atoms in total. The Bertz CT molecular complexity index is 472. The van der Waals surface area contributed by atoms with Crippen LogP contribution in [-0.4, -0.2) is 30.1 Å². The molecule has 1 heterocycles. The van der Waals surface area contributed by atoms with Crippen molar-refractivity contribution in [1.82, 2.24) is 4.90 Å². The molecule has 1 atom stereocenters. The summed E-state index contributed by atoms with van der Waals surface area (Å²) < 4.78 is 51.4. The average Bonchev–Trinajstić information content (AvgIpc) is 2.38. The van der Waals surface area contributed by atoms with Gasteiger partial charge in [-0.05, 0) is 25.0 Å². The summed E-state index contributed by atoms with van der Waals surface area (Å²) in [4.78, 5) is 13.1. The summed E-state index contributed by atoms with van der Waals surface area (Å²) in [5, 5.41) is 0. The predicted molar refractivity (Wildman–Crippen MR) is 61.1 cm³/mol. The Morgan fingerprint density at radius 3 is 2.58 bits per heavy atom. The highest BCUT2D eigenvalue weighted by Crippen LogP contribution is 2.33. The molecule has 1 fully saturated rings. The van der Waals surface area contributed by atoms with Gasteiger partial charge in [0.2, 0.25) is 0 Å². The van der Waals surface area contributed by atoms with E-state index in [2.05, 4.69) is 0 Å². The number of alkyl halides is 3. The molecule has 0 spiro atoms. The molecule has 0 unspecified atom stereocenters. The average molecular weight is 275 g/mol. The van der Waals surface area contributed by atoms with Crippen molar-refractivity contribution in [3.05, 3.63) is 35.6 Å². The maximum atomic E-state index is 13.5. The van der Waals surface area contributed by atoms with Crippen LogP contribution in [0.2, 0.25) is 0 Å². The highest BCUT2D eigenvalue weighted by atomic mass is 19.4. The number of hydrogen-bond donors (Lipinski definition) is 0. The normalized spacial score (nSPS) is 20.4. The van der Waals surface area contributed by atoms with Crippen molar-refractivity contribution >= 4 is 5.91 Å². The summed E-state index contributed by atoms with van der Waals surface area (Å²) in [5.41, 5.74) is -0.176. The molecule has 0 aromatic heterocycles. The van der Waals surface area contributed by atoms with Crippen LogP contribution >= 0.6 is 0 Å². The van der Waals surface area contributed by atoms with Crippen molar-refractivity contribution in [2.45, 2.75) is 19.0 Å². The lowest BCUT2D eigenvalue weighted by Gasteiger charge is -2.33. The second kappa shape index (κ2) is 5.19. The monoisotopic (exact) mass is 275 g/mol. The van der Waals surface area contributed by atoms with Crippen molar-refractivity contribution in [1.29, 1.82) is 0 Å². The molecule has 2 rings (SSSR count). The minimum atomic E-state index is -4.31. The fourth-order valence-corrected chi connectivity index (χ4v) is 2.23. The summed E-state index contributed by atoms with van der Waals surface area (Å²) in [6.07, 6.45) is -4.01. The van der Waals surface area contributed by atoms with Crippen molar-refractivity contribution in [3.8, 4) is 0 Å². The number of halogens is 4. The van der Waals surface area contributed by atoms with E-state index < -0.39 is 30.4 Å². The number of carbonyl (C=O) groups is 1. The highest BCUT2D eigenvalue weighted by Gasteiger charge is 2.42.